The normalized spacial score (nSPS) is 26.2. The number of benzene rings is 2. The molecule has 0 radical (unpaired) electrons. The lowest BCUT2D eigenvalue weighted by atomic mass is 9.96. The third-order valence-electron chi connectivity index (χ3n) is 4.23. The Bertz CT molecular complexity index is 598. The highest BCUT2D eigenvalue weighted by molar-refractivity contribution is 5.82. The van der Waals surface area contributed by atoms with E-state index in [1.807, 2.05) is 6.92 Å². The van der Waals surface area contributed by atoms with Crippen molar-refractivity contribution < 1.29 is 9.84 Å². The molecule has 3 rings (SSSR count). The Morgan fingerprint density at radius 3 is 2.80 bits per heavy atom. The molecule has 2 N–H and O–H groups in total. The smallest absolute Gasteiger partial charge is 0.105 e. The van der Waals surface area contributed by atoms with Gasteiger partial charge in [-0.15, -0.1) is 0 Å². The highest BCUT2D eigenvalue weighted by atomic mass is 16.5. The molecule has 0 saturated carbocycles. The van der Waals surface area contributed by atoms with Crippen LogP contribution in [0.3, 0.4) is 0 Å². The molecular weight excluding hydrogens is 250 g/mol. The van der Waals surface area contributed by atoms with Crippen LogP contribution in [0.5, 0.6) is 0 Å². The number of nitrogens with one attached hydrogen (secondary N) is 1. The van der Waals surface area contributed by atoms with Gasteiger partial charge in [0.2, 0.25) is 0 Å². The first-order valence-corrected chi connectivity index (χ1v) is 7.20. The second kappa shape index (κ2) is 5.52. The largest absolute Gasteiger partial charge is 0.386 e. The summed E-state index contributed by atoms with van der Waals surface area (Å²) in [6.07, 6.45) is 0.616. The van der Waals surface area contributed by atoms with Crippen molar-refractivity contribution in [2.45, 2.75) is 31.6 Å². The fourth-order valence-electron chi connectivity index (χ4n) is 2.77. The lowest BCUT2D eigenvalue weighted by Crippen LogP contribution is -2.45. The second-order valence-corrected chi connectivity index (χ2v) is 5.65. The Morgan fingerprint density at radius 2 is 2.05 bits per heavy atom. The second-order valence-electron chi connectivity index (χ2n) is 5.65. The quantitative estimate of drug-likeness (QED) is 0.897. The standard InChI is InChI=1S/C17H21NO2/c1-13-17(19,8-9-20-13)12-18-11-14-6-7-15-4-2-3-5-16(15)10-14/h2-7,10,13,18-19H,8-9,11-12H2,1H3. The lowest BCUT2D eigenvalue weighted by molar-refractivity contribution is -0.0262. The van der Waals surface area contributed by atoms with Gasteiger partial charge in [-0.3, -0.25) is 0 Å². The van der Waals surface area contributed by atoms with Crippen LogP contribution in [0.15, 0.2) is 42.5 Å². The summed E-state index contributed by atoms with van der Waals surface area (Å²) < 4.78 is 5.44. The van der Waals surface area contributed by atoms with Crippen LogP contribution >= 0.6 is 0 Å². The monoisotopic (exact) mass is 271 g/mol. The van der Waals surface area contributed by atoms with Crippen LogP contribution in [0.25, 0.3) is 10.8 Å². The van der Waals surface area contributed by atoms with Crippen molar-refractivity contribution in [1.29, 1.82) is 0 Å². The molecule has 3 nitrogen and oxygen atoms in total. The summed E-state index contributed by atoms with van der Waals surface area (Å²) in [6.45, 7) is 3.92. The van der Waals surface area contributed by atoms with Crippen LogP contribution in [0, 0.1) is 0 Å². The van der Waals surface area contributed by atoms with E-state index in [1.165, 1.54) is 16.3 Å². The molecule has 3 heteroatoms. The highest BCUT2D eigenvalue weighted by Gasteiger charge is 2.38. The zero-order valence-electron chi connectivity index (χ0n) is 11.8. The number of aliphatic hydroxyl groups is 1. The predicted octanol–water partition coefficient (Wildman–Crippen LogP) is 2.47. The molecule has 1 heterocycles. The van der Waals surface area contributed by atoms with Crippen molar-refractivity contribution in [2.24, 2.45) is 0 Å². The van der Waals surface area contributed by atoms with Gasteiger partial charge in [0.1, 0.15) is 5.60 Å². The van der Waals surface area contributed by atoms with Gasteiger partial charge >= 0.3 is 0 Å². The Labute approximate surface area is 119 Å². The van der Waals surface area contributed by atoms with Gasteiger partial charge in [-0.1, -0.05) is 36.4 Å². The van der Waals surface area contributed by atoms with Gasteiger partial charge in [-0.05, 0) is 29.3 Å². The van der Waals surface area contributed by atoms with Crippen molar-refractivity contribution in [2.75, 3.05) is 13.2 Å². The number of hydrogen-bond acceptors (Lipinski definition) is 3. The van der Waals surface area contributed by atoms with Gasteiger partial charge in [-0.25, -0.2) is 0 Å². The van der Waals surface area contributed by atoms with Gasteiger partial charge in [0, 0.05) is 26.1 Å². The summed E-state index contributed by atoms with van der Waals surface area (Å²) in [4.78, 5) is 0. The van der Waals surface area contributed by atoms with Crippen LogP contribution in [0.4, 0.5) is 0 Å². The molecule has 0 amide bonds. The van der Waals surface area contributed by atoms with E-state index in [0.29, 0.717) is 19.6 Å². The van der Waals surface area contributed by atoms with Gasteiger partial charge < -0.3 is 15.2 Å². The Morgan fingerprint density at radius 1 is 1.25 bits per heavy atom. The van der Waals surface area contributed by atoms with E-state index in [2.05, 4.69) is 47.8 Å². The molecule has 0 bridgehead atoms. The summed E-state index contributed by atoms with van der Waals surface area (Å²) in [5.41, 5.74) is 0.510. The van der Waals surface area contributed by atoms with Crippen LogP contribution in [-0.2, 0) is 11.3 Å². The number of hydrogen-bond donors (Lipinski definition) is 2. The fraction of sp³-hybridized carbons (Fsp3) is 0.412. The Hall–Kier alpha value is -1.42. The third-order valence-corrected chi connectivity index (χ3v) is 4.23. The molecule has 1 aliphatic heterocycles. The molecule has 0 spiro atoms. The minimum Gasteiger partial charge on any atom is -0.386 e. The highest BCUT2D eigenvalue weighted by Crippen LogP contribution is 2.25. The fourth-order valence-corrected chi connectivity index (χ4v) is 2.77. The van der Waals surface area contributed by atoms with Crippen LogP contribution < -0.4 is 5.32 Å². The van der Waals surface area contributed by atoms with E-state index in [9.17, 15) is 5.11 Å². The van der Waals surface area contributed by atoms with Crippen molar-refractivity contribution in [3.05, 3.63) is 48.0 Å². The topological polar surface area (TPSA) is 41.5 Å². The molecule has 1 saturated heterocycles. The minimum absolute atomic E-state index is 0.0911. The molecule has 1 aliphatic rings. The zero-order chi connectivity index (χ0) is 14.0. The average Bonchev–Trinajstić information content (AvgIpc) is 2.79. The molecule has 1 fully saturated rings. The van der Waals surface area contributed by atoms with E-state index < -0.39 is 5.60 Å². The van der Waals surface area contributed by atoms with Crippen LogP contribution in [-0.4, -0.2) is 30.0 Å². The van der Waals surface area contributed by atoms with Gasteiger partial charge in [0.15, 0.2) is 0 Å². The molecule has 2 aromatic carbocycles. The summed E-state index contributed by atoms with van der Waals surface area (Å²) in [6, 6.07) is 14.8. The van der Waals surface area contributed by atoms with Gasteiger partial charge in [0.25, 0.3) is 0 Å². The molecule has 106 valence electrons. The minimum atomic E-state index is -0.725. The Balaban J connectivity index is 1.62. The summed E-state index contributed by atoms with van der Waals surface area (Å²) in [5.74, 6) is 0. The number of ether oxygens (including phenoxy) is 1. The SMILES string of the molecule is CC1OCCC1(O)CNCc1ccc2ccccc2c1. The summed E-state index contributed by atoms with van der Waals surface area (Å²) in [5, 5.41) is 16.3. The Kier molecular flexibility index (Phi) is 3.74. The molecule has 2 unspecified atom stereocenters. The number of rotatable bonds is 4. The van der Waals surface area contributed by atoms with Crippen molar-refractivity contribution in [3.63, 3.8) is 0 Å². The molecular formula is C17H21NO2. The van der Waals surface area contributed by atoms with Crippen LogP contribution in [0.1, 0.15) is 18.9 Å². The van der Waals surface area contributed by atoms with E-state index >= 15 is 0 Å². The van der Waals surface area contributed by atoms with Gasteiger partial charge in [-0.2, -0.15) is 0 Å². The van der Waals surface area contributed by atoms with E-state index in [4.69, 9.17) is 4.74 Å². The van der Waals surface area contributed by atoms with E-state index in [1.54, 1.807) is 0 Å². The first kappa shape index (κ1) is 13.6. The maximum Gasteiger partial charge on any atom is 0.105 e. The molecule has 0 aromatic heterocycles. The molecule has 0 aliphatic carbocycles. The molecule has 2 atom stereocenters. The van der Waals surface area contributed by atoms with E-state index in [-0.39, 0.29) is 6.10 Å². The molecule has 20 heavy (non-hydrogen) atoms. The average molecular weight is 271 g/mol. The predicted molar refractivity (Wildman–Crippen MR) is 80.6 cm³/mol. The molecule has 2 aromatic rings. The van der Waals surface area contributed by atoms with Crippen molar-refractivity contribution in [3.8, 4) is 0 Å². The van der Waals surface area contributed by atoms with E-state index in [0.717, 1.165) is 6.54 Å². The lowest BCUT2D eigenvalue weighted by Gasteiger charge is -2.26. The first-order valence-electron chi connectivity index (χ1n) is 7.20. The summed E-state index contributed by atoms with van der Waals surface area (Å²) in [7, 11) is 0. The number of fused-ring (bicyclic) bond motifs is 1. The van der Waals surface area contributed by atoms with Crippen LogP contribution in [0.2, 0.25) is 0 Å². The first-order chi connectivity index (χ1) is 9.67. The van der Waals surface area contributed by atoms with Crippen molar-refractivity contribution >= 4 is 10.8 Å². The van der Waals surface area contributed by atoms with Crippen molar-refractivity contribution in [1.82, 2.24) is 5.32 Å². The maximum absolute atomic E-state index is 10.4. The summed E-state index contributed by atoms with van der Waals surface area (Å²) >= 11 is 0. The van der Waals surface area contributed by atoms with Gasteiger partial charge in [0.05, 0.1) is 6.10 Å². The maximum atomic E-state index is 10.4. The zero-order valence-corrected chi connectivity index (χ0v) is 11.8. The third kappa shape index (κ3) is 2.70.